The molecule has 0 bridgehead atoms. The molecular formula is C23H21NO3. The topological polar surface area (TPSA) is 55.4 Å². The lowest BCUT2D eigenvalue weighted by molar-refractivity contribution is -0.117. The van der Waals surface area contributed by atoms with Crippen LogP contribution in [0.15, 0.2) is 78.9 Å². The summed E-state index contributed by atoms with van der Waals surface area (Å²) in [6.07, 6.45) is 0. The summed E-state index contributed by atoms with van der Waals surface area (Å²) < 4.78 is 5.27. The minimum absolute atomic E-state index is 0.0604. The summed E-state index contributed by atoms with van der Waals surface area (Å²) in [6.45, 7) is 1.82. The van der Waals surface area contributed by atoms with E-state index in [1.165, 1.54) is 0 Å². The first-order valence-corrected chi connectivity index (χ1v) is 8.73. The summed E-state index contributed by atoms with van der Waals surface area (Å²) in [7, 11) is 1.56. The molecule has 1 amide bonds. The second kappa shape index (κ2) is 8.32. The number of amides is 1. The van der Waals surface area contributed by atoms with Crippen molar-refractivity contribution in [2.45, 2.75) is 12.8 Å². The van der Waals surface area contributed by atoms with Crippen molar-refractivity contribution in [1.82, 2.24) is 0 Å². The molecule has 0 aromatic heterocycles. The number of ether oxygens (including phenoxy) is 1. The van der Waals surface area contributed by atoms with E-state index < -0.39 is 5.92 Å². The molecule has 1 N–H and O–H groups in total. The van der Waals surface area contributed by atoms with E-state index in [2.05, 4.69) is 5.32 Å². The molecule has 136 valence electrons. The number of hydrogen-bond donors (Lipinski definition) is 1. The summed E-state index contributed by atoms with van der Waals surface area (Å²) in [5, 5.41) is 2.89. The maximum atomic E-state index is 12.7. The highest BCUT2D eigenvalue weighted by Crippen LogP contribution is 2.26. The fourth-order valence-corrected chi connectivity index (χ4v) is 2.85. The Morgan fingerprint density at radius 1 is 0.852 bits per heavy atom. The summed E-state index contributed by atoms with van der Waals surface area (Å²) in [6, 6.07) is 23.6. The Morgan fingerprint density at radius 2 is 1.52 bits per heavy atom. The van der Waals surface area contributed by atoms with Crippen LogP contribution in [-0.2, 0) is 4.79 Å². The van der Waals surface area contributed by atoms with Crippen LogP contribution in [-0.4, -0.2) is 18.8 Å². The molecule has 0 saturated heterocycles. The third-order valence-corrected chi connectivity index (χ3v) is 4.44. The van der Waals surface area contributed by atoms with Crippen molar-refractivity contribution in [2.24, 2.45) is 0 Å². The highest BCUT2D eigenvalue weighted by molar-refractivity contribution is 6.09. The van der Waals surface area contributed by atoms with Gasteiger partial charge in [-0.1, -0.05) is 60.7 Å². The number of carbonyl (C=O) groups is 2. The van der Waals surface area contributed by atoms with Gasteiger partial charge in [0.05, 0.1) is 18.7 Å². The lowest BCUT2D eigenvalue weighted by atomic mass is 9.95. The van der Waals surface area contributed by atoms with E-state index in [1.54, 1.807) is 49.6 Å². The molecule has 27 heavy (non-hydrogen) atoms. The summed E-state index contributed by atoms with van der Waals surface area (Å²) in [4.78, 5) is 25.3. The minimum atomic E-state index is -0.418. The molecule has 0 spiro atoms. The van der Waals surface area contributed by atoms with E-state index in [9.17, 15) is 9.59 Å². The van der Waals surface area contributed by atoms with Gasteiger partial charge in [-0.2, -0.15) is 0 Å². The first kappa shape index (κ1) is 18.4. The molecular weight excluding hydrogens is 338 g/mol. The minimum Gasteiger partial charge on any atom is -0.495 e. The largest absolute Gasteiger partial charge is 0.495 e. The van der Waals surface area contributed by atoms with E-state index in [0.29, 0.717) is 22.6 Å². The Kier molecular flexibility index (Phi) is 5.67. The smallest absolute Gasteiger partial charge is 0.231 e. The number of anilines is 1. The molecule has 3 aromatic carbocycles. The lowest BCUT2D eigenvalue weighted by Crippen LogP contribution is -2.19. The quantitative estimate of drug-likeness (QED) is 0.651. The van der Waals surface area contributed by atoms with Crippen LogP contribution in [0, 0.1) is 0 Å². The zero-order valence-corrected chi connectivity index (χ0v) is 15.3. The van der Waals surface area contributed by atoms with Gasteiger partial charge >= 0.3 is 0 Å². The highest BCUT2D eigenvalue weighted by Gasteiger charge is 2.18. The Hall–Kier alpha value is -3.40. The van der Waals surface area contributed by atoms with E-state index in [4.69, 9.17) is 4.74 Å². The van der Waals surface area contributed by atoms with Gasteiger partial charge in [-0.05, 0) is 30.7 Å². The van der Waals surface area contributed by atoms with Crippen LogP contribution in [0.25, 0.3) is 0 Å². The predicted molar refractivity (Wildman–Crippen MR) is 106 cm³/mol. The van der Waals surface area contributed by atoms with Gasteiger partial charge in [-0.15, -0.1) is 0 Å². The van der Waals surface area contributed by atoms with Gasteiger partial charge in [-0.3, -0.25) is 9.59 Å². The van der Waals surface area contributed by atoms with Crippen LogP contribution >= 0.6 is 0 Å². The van der Waals surface area contributed by atoms with Crippen LogP contribution < -0.4 is 10.1 Å². The third-order valence-electron chi connectivity index (χ3n) is 4.44. The van der Waals surface area contributed by atoms with E-state index in [0.717, 1.165) is 5.56 Å². The maximum Gasteiger partial charge on any atom is 0.231 e. The number of hydrogen-bond acceptors (Lipinski definition) is 3. The van der Waals surface area contributed by atoms with Crippen LogP contribution in [0.2, 0.25) is 0 Å². The van der Waals surface area contributed by atoms with Crippen LogP contribution in [0.5, 0.6) is 5.75 Å². The van der Waals surface area contributed by atoms with Crippen molar-refractivity contribution in [3.63, 3.8) is 0 Å². The number of carbonyl (C=O) groups excluding carboxylic acids is 2. The van der Waals surface area contributed by atoms with E-state index in [1.807, 2.05) is 43.3 Å². The van der Waals surface area contributed by atoms with Crippen molar-refractivity contribution in [1.29, 1.82) is 0 Å². The maximum absolute atomic E-state index is 12.7. The molecule has 0 fully saturated rings. The van der Waals surface area contributed by atoms with Crippen LogP contribution in [0.3, 0.4) is 0 Å². The van der Waals surface area contributed by atoms with Gasteiger partial charge in [-0.25, -0.2) is 0 Å². The number of ketones is 1. The summed E-state index contributed by atoms with van der Waals surface area (Å²) in [5.41, 5.74) is 2.59. The molecule has 3 rings (SSSR count). The van der Waals surface area contributed by atoms with Crippen molar-refractivity contribution in [3.05, 3.63) is 95.6 Å². The average molecular weight is 359 g/mol. The SMILES string of the molecule is COc1ccccc1NC(=O)[C@@H](C)c1cccc(C(=O)c2ccccc2)c1. The zero-order valence-electron chi connectivity index (χ0n) is 15.3. The van der Waals surface area contributed by atoms with E-state index in [-0.39, 0.29) is 11.7 Å². The summed E-state index contributed by atoms with van der Waals surface area (Å²) >= 11 is 0. The zero-order chi connectivity index (χ0) is 19.2. The highest BCUT2D eigenvalue weighted by atomic mass is 16.5. The third kappa shape index (κ3) is 4.23. The molecule has 0 unspecified atom stereocenters. The molecule has 0 aliphatic rings. The molecule has 4 heteroatoms. The van der Waals surface area contributed by atoms with Crippen LogP contribution in [0.4, 0.5) is 5.69 Å². The van der Waals surface area contributed by atoms with Crippen molar-refractivity contribution >= 4 is 17.4 Å². The number of nitrogens with one attached hydrogen (secondary N) is 1. The van der Waals surface area contributed by atoms with Crippen molar-refractivity contribution in [2.75, 3.05) is 12.4 Å². The normalized spacial score (nSPS) is 11.5. The van der Waals surface area contributed by atoms with Gasteiger partial charge in [0.1, 0.15) is 5.75 Å². The lowest BCUT2D eigenvalue weighted by Gasteiger charge is -2.15. The molecule has 0 saturated carbocycles. The number of rotatable bonds is 6. The van der Waals surface area contributed by atoms with Gasteiger partial charge < -0.3 is 10.1 Å². The monoisotopic (exact) mass is 359 g/mol. The number of para-hydroxylation sites is 2. The standard InChI is InChI=1S/C23H21NO3/c1-16(23(26)24-20-13-6-7-14-21(20)27-2)18-11-8-12-19(15-18)22(25)17-9-4-3-5-10-17/h3-16H,1-2H3,(H,24,26)/t16-/m0/s1. The second-order valence-electron chi connectivity index (χ2n) is 6.23. The van der Waals surface area contributed by atoms with Crippen molar-refractivity contribution < 1.29 is 14.3 Å². The van der Waals surface area contributed by atoms with Crippen molar-refractivity contribution in [3.8, 4) is 5.75 Å². The molecule has 0 heterocycles. The Bertz CT molecular complexity index is 951. The Labute approximate surface area is 158 Å². The molecule has 4 nitrogen and oxygen atoms in total. The van der Waals surface area contributed by atoms with Crippen LogP contribution in [0.1, 0.15) is 34.3 Å². The van der Waals surface area contributed by atoms with Gasteiger partial charge in [0, 0.05) is 11.1 Å². The molecule has 1 atom stereocenters. The predicted octanol–water partition coefficient (Wildman–Crippen LogP) is 4.67. The number of methoxy groups -OCH3 is 1. The fraction of sp³-hybridized carbons (Fsp3) is 0.130. The molecule has 0 radical (unpaired) electrons. The number of benzene rings is 3. The van der Waals surface area contributed by atoms with E-state index >= 15 is 0 Å². The summed E-state index contributed by atoms with van der Waals surface area (Å²) in [5.74, 6) is -0.0388. The average Bonchev–Trinajstić information content (AvgIpc) is 2.73. The molecule has 3 aromatic rings. The van der Waals surface area contributed by atoms with Gasteiger partial charge in [0.15, 0.2) is 5.78 Å². The fourth-order valence-electron chi connectivity index (χ4n) is 2.85. The molecule has 0 aliphatic heterocycles. The van der Waals surface area contributed by atoms with Gasteiger partial charge in [0.25, 0.3) is 0 Å². The Balaban J connectivity index is 1.80. The second-order valence-corrected chi connectivity index (χ2v) is 6.23. The van der Waals surface area contributed by atoms with Gasteiger partial charge in [0.2, 0.25) is 5.91 Å². The first-order valence-electron chi connectivity index (χ1n) is 8.73. The first-order chi connectivity index (χ1) is 13.1. The Morgan fingerprint density at radius 3 is 2.26 bits per heavy atom. The molecule has 0 aliphatic carbocycles.